The lowest BCUT2D eigenvalue weighted by molar-refractivity contribution is -0.129. The van der Waals surface area contributed by atoms with Crippen LogP contribution >= 0.6 is 0 Å². The Kier molecular flexibility index (Phi) is 2.93. The third kappa shape index (κ3) is 1.87. The van der Waals surface area contributed by atoms with Crippen molar-refractivity contribution in [2.45, 2.75) is 18.9 Å². The average Bonchev–Trinajstić information content (AvgIpc) is 2.45. The first-order valence-electron chi connectivity index (χ1n) is 6.46. The predicted molar refractivity (Wildman–Crippen MR) is 71.5 cm³/mol. The Balaban J connectivity index is 2.07. The Morgan fingerprint density at radius 1 is 1.21 bits per heavy atom. The summed E-state index contributed by atoms with van der Waals surface area (Å²) in [5.74, 6) is 1.59. The molecule has 2 aliphatic heterocycles. The number of nitrogens with zero attached hydrogens (tertiary/aromatic N) is 1. The van der Waals surface area contributed by atoms with Crippen LogP contribution in [0.1, 0.15) is 23.6 Å². The second-order valence-electron chi connectivity index (χ2n) is 4.84. The van der Waals surface area contributed by atoms with Gasteiger partial charge in [0.15, 0.2) is 11.5 Å². The molecule has 19 heavy (non-hydrogen) atoms. The van der Waals surface area contributed by atoms with E-state index in [2.05, 4.69) is 0 Å². The summed E-state index contributed by atoms with van der Waals surface area (Å²) in [6, 6.07) is 4.19. The maximum Gasteiger partial charge on any atom is 0.246 e. The van der Waals surface area contributed by atoms with E-state index < -0.39 is 0 Å². The van der Waals surface area contributed by atoms with Gasteiger partial charge in [0, 0.05) is 6.54 Å². The lowest BCUT2D eigenvalue weighted by Crippen LogP contribution is -2.40. The molecule has 0 N–H and O–H groups in total. The van der Waals surface area contributed by atoms with Gasteiger partial charge in [-0.05, 0) is 42.2 Å². The molecular weight excluding hydrogens is 242 g/mol. The molecule has 100 valence electrons. The van der Waals surface area contributed by atoms with Crippen LogP contribution < -0.4 is 9.47 Å². The average molecular weight is 259 g/mol. The van der Waals surface area contributed by atoms with Gasteiger partial charge in [0.25, 0.3) is 0 Å². The molecule has 1 unspecified atom stereocenters. The smallest absolute Gasteiger partial charge is 0.246 e. The largest absolute Gasteiger partial charge is 0.493 e. The molecule has 0 saturated heterocycles. The van der Waals surface area contributed by atoms with Crippen LogP contribution in [0.25, 0.3) is 0 Å². The van der Waals surface area contributed by atoms with E-state index in [1.807, 2.05) is 23.1 Å². The van der Waals surface area contributed by atoms with E-state index in [9.17, 15) is 4.79 Å². The molecule has 2 aliphatic rings. The maximum absolute atomic E-state index is 11.9. The van der Waals surface area contributed by atoms with Gasteiger partial charge in [-0.3, -0.25) is 4.79 Å². The third-order valence-electron chi connectivity index (χ3n) is 3.91. The Morgan fingerprint density at radius 3 is 2.68 bits per heavy atom. The fourth-order valence-electron chi connectivity index (χ4n) is 2.94. The number of benzene rings is 1. The topological polar surface area (TPSA) is 38.8 Å². The maximum atomic E-state index is 11.9. The SMILES string of the molecule is COc1cc2c(cc1OC)C1CC=CC(=O)N1CC2. The van der Waals surface area contributed by atoms with E-state index in [1.165, 1.54) is 11.1 Å². The minimum absolute atomic E-state index is 0.108. The van der Waals surface area contributed by atoms with Crippen LogP contribution in [0.4, 0.5) is 0 Å². The Hall–Kier alpha value is -1.97. The fourth-order valence-corrected chi connectivity index (χ4v) is 2.94. The fraction of sp³-hybridized carbons (Fsp3) is 0.400. The molecule has 1 amide bonds. The standard InChI is InChI=1S/C15H17NO3/c1-18-13-8-10-6-7-16-12(4-3-5-15(16)17)11(10)9-14(13)19-2/h3,5,8-9,12H,4,6-7H2,1-2H3. The summed E-state index contributed by atoms with van der Waals surface area (Å²) in [5.41, 5.74) is 2.43. The van der Waals surface area contributed by atoms with Crippen molar-refractivity contribution >= 4 is 5.91 Å². The molecule has 1 aromatic rings. The molecule has 0 bridgehead atoms. The highest BCUT2D eigenvalue weighted by Gasteiger charge is 2.32. The minimum atomic E-state index is 0.108. The monoisotopic (exact) mass is 259 g/mol. The van der Waals surface area contributed by atoms with Gasteiger partial charge in [0.05, 0.1) is 20.3 Å². The van der Waals surface area contributed by atoms with Crippen molar-refractivity contribution in [3.8, 4) is 11.5 Å². The number of methoxy groups -OCH3 is 2. The van der Waals surface area contributed by atoms with Crippen LogP contribution in [0.5, 0.6) is 11.5 Å². The van der Waals surface area contributed by atoms with Crippen molar-refractivity contribution in [1.29, 1.82) is 0 Å². The Bertz CT molecular complexity index is 551. The van der Waals surface area contributed by atoms with Crippen LogP contribution in [0, 0.1) is 0 Å². The van der Waals surface area contributed by atoms with E-state index in [0.29, 0.717) is 0 Å². The van der Waals surface area contributed by atoms with Crippen molar-refractivity contribution < 1.29 is 14.3 Å². The molecule has 0 radical (unpaired) electrons. The van der Waals surface area contributed by atoms with Crippen molar-refractivity contribution in [2.24, 2.45) is 0 Å². The van der Waals surface area contributed by atoms with Gasteiger partial charge in [0.2, 0.25) is 5.91 Å². The molecule has 0 spiro atoms. The van der Waals surface area contributed by atoms with E-state index >= 15 is 0 Å². The molecule has 0 aromatic heterocycles. The molecule has 3 rings (SSSR count). The van der Waals surface area contributed by atoms with Gasteiger partial charge in [0.1, 0.15) is 0 Å². The summed E-state index contributed by atoms with van der Waals surface area (Å²) in [5, 5.41) is 0. The first-order chi connectivity index (χ1) is 9.24. The van der Waals surface area contributed by atoms with Crippen molar-refractivity contribution in [2.75, 3.05) is 20.8 Å². The highest BCUT2D eigenvalue weighted by Crippen LogP contribution is 2.40. The number of hydrogen-bond acceptors (Lipinski definition) is 3. The van der Waals surface area contributed by atoms with E-state index in [0.717, 1.165) is 30.9 Å². The van der Waals surface area contributed by atoms with Gasteiger partial charge < -0.3 is 14.4 Å². The van der Waals surface area contributed by atoms with E-state index in [-0.39, 0.29) is 11.9 Å². The molecule has 0 fully saturated rings. The predicted octanol–water partition coefficient (Wildman–Crippen LogP) is 2.09. The van der Waals surface area contributed by atoms with Crippen LogP contribution in [-0.2, 0) is 11.2 Å². The number of carbonyl (C=O) groups excluding carboxylic acids is 1. The summed E-state index contributed by atoms with van der Waals surface area (Å²) in [4.78, 5) is 13.8. The van der Waals surface area contributed by atoms with Crippen LogP contribution in [0.15, 0.2) is 24.3 Å². The van der Waals surface area contributed by atoms with Crippen molar-refractivity contribution in [1.82, 2.24) is 4.90 Å². The summed E-state index contributed by atoms with van der Waals surface area (Å²) in [6.07, 6.45) is 5.36. The second kappa shape index (κ2) is 4.61. The van der Waals surface area contributed by atoms with E-state index in [1.54, 1.807) is 20.3 Å². The number of rotatable bonds is 2. The minimum Gasteiger partial charge on any atom is -0.493 e. The highest BCUT2D eigenvalue weighted by atomic mass is 16.5. The molecule has 4 nitrogen and oxygen atoms in total. The summed E-state index contributed by atoms with van der Waals surface area (Å²) in [6.45, 7) is 0.774. The third-order valence-corrected chi connectivity index (χ3v) is 3.91. The normalized spacial score (nSPS) is 20.8. The molecule has 4 heteroatoms. The zero-order valence-electron chi connectivity index (χ0n) is 11.2. The van der Waals surface area contributed by atoms with Crippen LogP contribution in [-0.4, -0.2) is 31.6 Å². The second-order valence-corrected chi connectivity index (χ2v) is 4.84. The Morgan fingerprint density at radius 2 is 1.95 bits per heavy atom. The lowest BCUT2D eigenvalue weighted by Gasteiger charge is -2.38. The summed E-state index contributed by atoms with van der Waals surface area (Å²) < 4.78 is 10.7. The van der Waals surface area contributed by atoms with Gasteiger partial charge in [-0.25, -0.2) is 0 Å². The zero-order valence-corrected chi connectivity index (χ0v) is 11.2. The molecule has 2 heterocycles. The quantitative estimate of drug-likeness (QED) is 0.816. The van der Waals surface area contributed by atoms with Gasteiger partial charge >= 0.3 is 0 Å². The molecule has 1 aromatic carbocycles. The first-order valence-corrected chi connectivity index (χ1v) is 6.46. The van der Waals surface area contributed by atoms with Crippen LogP contribution in [0.3, 0.4) is 0 Å². The first kappa shape index (κ1) is 12.1. The molecule has 0 saturated carbocycles. The number of amides is 1. The summed E-state index contributed by atoms with van der Waals surface area (Å²) >= 11 is 0. The number of carbonyl (C=O) groups is 1. The summed E-state index contributed by atoms with van der Waals surface area (Å²) in [7, 11) is 3.28. The van der Waals surface area contributed by atoms with Gasteiger partial charge in [-0.1, -0.05) is 6.08 Å². The molecule has 1 atom stereocenters. The van der Waals surface area contributed by atoms with E-state index in [4.69, 9.17) is 9.47 Å². The van der Waals surface area contributed by atoms with Crippen LogP contribution in [0.2, 0.25) is 0 Å². The molecular formula is C15H17NO3. The number of ether oxygens (including phenoxy) is 2. The van der Waals surface area contributed by atoms with Gasteiger partial charge in [-0.15, -0.1) is 0 Å². The number of fused-ring (bicyclic) bond motifs is 3. The lowest BCUT2D eigenvalue weighted by atomic mass is 9.88. The molecule has 0 aliphatic carbocycles. The highest BCUT2D eigenvalue weighted by molar-refractivity contribution is 5.89. The van der Waals surface area contributed by atoms with Gasteiger partial charge in [-0.2, -0.15) is 0 Å². The number of hydrogen-bond donors (Lipinski definition) is 0. The zero-order chi connectivity index (χ0) is 13.4. The van der Waals surface area contributed by atoms with Crippen molar-refractivity contribution in [3.63, 3.8) is 0 Å². The Labute approximate surface area is 112 Å². The van der Waals surface area contributed by atoms with Crippen molar-refractivity contribution in [3.05, 3.63) is 35.4 Å².